The van der Waals surface area contributed by atoms with E-state index in [9.17, 15) is 0 Å². The summed E-state index contributed by atoms with van der Waals surface area (Å²) in [5.41, 5.74) is 9.54. The molecule has 0 aromatic heterocycles. The fourth-order valence-electron chi connectivity index (χ4n) is 4.80. The minimum atomic E-state index is 0.130. The lowest BCUT2D eigenvalue weighted by molar-refractivity contribution is 0.535. The molecule has 0 amide bonds. The van der Waals surface area contributed by atoms with Crippen molar-refractivity contribution < 1.29 is 0 Å². The van der Waals surface area contributed by atoms with Crippen LogP contribution in [0, 0.1) is 0 Å². The van der Waals surface area contributed by atoms with E-state index in [0.29, 0.717) is 5.92 Å². The molecule has 2 aromatic rings. The summed E-state index contributed by atoms with van der Waals surface area (Å²) < 4.78 is 0. The largest absolute Gasteiger partial charge is 0.0617 e. The summed E-state index contributed by atoms with van der Waals surface area (Å²) in [6.07, 6.45) is 1.08. The van der Waals surface area contributed by atoms with E-state index in [1.807, 2.05) is 0 Å². The molecule has 2 rings (SSSR count). The van der Waals surface area contributed by atoms with Crippen molar-refractivity contribution in [2.75, 3.05) is 0 Å². The quantitative estimate of drug-likeness (QED) is 0.464. The zero-order chi connectivity index (χ0) is 24.0. The van der Waals surface area contributed by atoms with E-state index in [4.69, 9.17) is 0 Å². The molecule has 0 bridgehead atoms. The lowest BCUT2D eigenvalue weighted by Gasteiger charge is -2.34. The van der Waals surface area contributed by atoms with Crippen molar-refractivity contribution in [1.29, 1.82) is 0 Å². The molecular formula is C31H48. The SMILES string of the molecule is CC(Cc1cc(C(C)(C)C)ccc1C(C)(C)C)c1c(C(C)(C)C)cccc1C(C)(C)C. The normalized spacial score (nSPS) is 14.6. The van der Waals surface area contributed by atoms with E-state index in [-0.39, 0.29) is 21.7 Å². The second-order valence-corrected chi connectivity index (χ2v) is 13.7. The fraction of sp³-hybridized carbons (Fsp3) is 0.613. The lowest BCUT2D eigenvalue weighted by atomic mass is 9.71. The van der Waals surface area contributed by atoms with Crippen LogP contribution in [0.4, 0.5) is 0 Å². The molecular weight excluding hydrogens is 372 g/mol. The Morgan fingerprint density at radius 3 is 1.42 bits per heavy atom. The zero-order valence-corrected chi connectivity index (χ0v) is 22.7. The molecule has 31 heavy (non-hydrogen) atoms. The van der Waals surface area contributed by atoms with Crippen LogP contribution in [-0.2, 0) is 28.1 Å². The van der Waals surface area contributed by atoms with Crippen LogP contribution in [0.25, 0.3) is 0 Å². The number of benzene rings is 2. The maximum absolute atomic E-state index is 2.49. The smallest absolute Gasteiger partial charge is 0.0129 e. The third-order valence-electron chi connectivity index (χ3n) is 6.52. The topological polar surface area (TPSA) is 0 Å². The Bertz CT molecular complexity index is 867. The molecule has 0 N–H and O–H groups in total. The zero-order valence-electron chi connectivity index (χ0n) is 22.7. The number of hydrogen-bond donors (Lipinski definition) is 0. The minimum Gasteiger partial charge on any atom is -0.0617 e. The Balaban J connectivity index is 2.69. The molecule has 0 aliphatic carbocycles. The molecule has 0 aliphatic heterocycles. The lowest BCUT2D eigenvalue weighted by Crippen LogP contribution is -2.24. The van der Waals surface area contributed by atoms with Gasteiger partial charge in [0.2, 0.25) is 0 Å². The summed E-state index contributed by atoms with van der Waals surface area (Å²) in [6.45, 7) is 30.5. The van der Waals surface area contributed by atoms with Crippen molar-refractivity contribution in [3.05, 3.63) is 69.8 Å². The molecule has 0 saturated carbocycles. The summed E-state index contributed by atoms with van der Waals surface area (Å²) in [6, 6.07) is 14.2. The molecule has 2 aromatic carbocycles. The maximum Gasteiger partial charge on any atom is -0.0129 e. The van der Waals surface area contributed by atoms with E-state index < -0.39 is 0 Å². The molecule has 1 atom stereocenters. The van der Waals surface area contributed by atoms with Gasteiger partial charge in [0.05, 0.1) is 0 Å². The molecule has 0 saturated heterocycles. The summed E-state index contributed by atoms with van der Waals surface area (Å²) in [5, 5.41) is 0. The Morgan fingerprint density at radius 2 is 1.03 bits per heavy atom. The Kier molecular flexibility index (Phi) is 6.98. The number of hydrogen-bond acceptors (Lipinski definition) is 0. The average molecular weight is 421 g/mol. The van der Waals surface area contributed by atoms with Crippen LogP contribution in [0.5, 0.6) is 0 Å². The van der Waals surface area contributed by atoms with E-state index >= 15 is 0 Å². The standard InChI is InChI=1S/C31H48/c1-21(27-25(30(8,9)10)15-14-16-26(27)31(11,12)13)19-22-20-23(28(2,3)4)17-18-24(22)29(5,6)7/h14-18,20-21H,19H2,1-13H3. The van der Waals surface area contributed by atoms with Gasteiger partial charge < -0.3 is 0 Å². The Hall–Kier alpha value is -1.56. The summed E-state index contributed by atoms with van der Waals surface area (Å²) in [4.78, 5) is 0. The highest BCUT2D eigenvalue weighted by atomic mass is 14.3. The number of rotatable bonds is 3. The van der Waals surface area contributed by atoms with Gasteiger partial charge in [-0.15, -0.1) is 0 Å². The van der Waals surface area contributed by atoms with E-state index in [2.05, 4.69) is 126 Å². The van der Waals surface area contributed by atoms with Gasteiger partial charge in [0, 0.05) is 0 Å². The van der Waals surface area contributed by atoms with Gasteiger partial charge in [-0.1, -0.05) is 126 Å². The highest BCUT2D eigenvalue weighted by Gasteiger charge is 2.29. The van der Waals surface area contributed by atoms with Crippen LogP contribution < -0.4 is 0 Å². The van der Waals surface area contributed by atoms with Gasteiger partial charge in [0.25, 0.3) is 0 Å². The monoisotopic (exact) mass is 420 g/mol. The second-order valence-electron chi connectivity index (χ2n) is 13.7. The average Bonchev–Trinajstić information content (AvgIpc) is 2.57. The predicted molar refractivity (Wildman–Crippen MR) is 140 cm³/mol. The first-order valence-corrected chi connectivity index (χ1v) is 12.1. The van der Waals surface area contributed by atoms with Crippen LogP contribution in [-0.4, -0.2) is 0 Å². The summed E-state index contributed by atoms with van der Waals surface area (Å²) >= 11 is 0. The van der Waals surface area contributed by atoms with Crippen LogP contribution in [0.1, 0.15) is 129 Å². The van der Waals surface area contributed by atoms with Crippen LogP contribution >= 0.6 is 0 Å². The molecule has 1 unspecified atom stereocenters. The van der Waals surface area contributed by atoms with Gasteiger partial charge in [-0.3, -0.25) is 0 Å². The second kappa shape index (κ2) is 8.42. The van der Waals surface area contributed by atoms with E-state index in [1.165, 1.54) is 27.8 Å². The first-order valence-electron chi connectivity index (χ1n) is 12.1. The molecule has 0 heteroatoms. The third kappa shape index (κ3) is 6.03. The molecule has 0 heterocycles. The van der Waals surface area contributed by atoms with Crippen molar-refractivity contribution in [1.82, 2.24) is 0 Å². The minimum absolute atomic E-state index is 0.130. The first-order chi connectivity index (χ1) is 13.8. The fourth-order valence-corrected chi connectivity index (χ4v) is 4.80. The van der Waals surface area contributed by atoms with Gasteiger partial charge in [0.1, 0.15) is 0 Å². The van der Waals surface area contributed by atoms with E-state index in [0.717, 1.165) is 6.42 Å². The van der Waals surface area contributed by atoms with Crippen molar-refractivity contribution >= 4 is 0 Å². The Morgan fingerprint density at radius 1 is 0.581 bits per heavy atom. The van der Waals surface area contributed by atoms with Crippen molar-refractivity contribution in [2.45, 2.75) is 124 Å². The van der Waals surface area contributed by atoms with Crippen LogP contribution in [0.3, 0.4) is 0 Å². The van der Waals surface area contributed by atoms with E-state index in [1.54, 1.807) is 5.56 Å². The maximum atomic E-state index is 2.49. The van der Waals surface area contributed by atoms with Gasteiger partial charge in [-0.25, -0.2) is 0 Å². The van der Waals surface area contributed by atoms with Crippen LogP contribution in [0.2, 0.25) is 0 Å². The molecule has 0 aliphatic rings. The first kappa shape index (κ1) is 25.7. The third-order valence-corrected chi connectivity index (χ3v) is 6.52. The van der Waals surface area contributed by atoms with Crippen molar-refractivity contribution in [3.63, 3.8) is 0 Å². The van der Waals surface area contributed by atoms with Crippen molar-refractivity contribution in [3.8, 4) is 0 Å². The van der Waals surface area contributed by atoms with Gasteiger partial charge in [-0.2, -0.15) is 0 Å². The van der Waals surface area contributed by atoms with Gasteiger partial charge in [-0.05, 0) is 67.4 Å². The molecule has 0 spiro atoms. The highest BCUT2D eigenvalue weighted by Crippen LogP contribution is 2.40. The molecule has 0 fully saturated rings. The highest BCUT2D eigenvalue weighted by molar-refractivity contribution is 5.47. The summed E-state index contributed by atoms with van der Waals surface area (Å²) in [7, 11) is 0. The Labute approximate surface area is 193 Å². The molecule has 0 radical (unpaired) electrons. The van der Waals surface area contributed by atoms with Gasteiger partial charge >= 0.3 is 0 Å². The summed E-state index contributed by atoms with van der Waals surface area (Å²) in [5.74, 6) is 0.459. The van der Waals surface area contributed by atoms with Gasteiger partial charge in [0.15, 0.2) is 0 Å². The van der Waals surface area contributed by atoms with Crippen LogP contribution in [0.15, 0.2) is 36.4 Å². The van der Waals surface area contributed by atoms with Crippen molar-refractivity contribution in [2.24, 2.45) is 0 Å². The molecule has 0 nitrogen and oxygen atoms in total. The molecule has 172 valence electrons. The predicted octanol–water partition coefficient (Wildman–Crippen LogP) is 9.22.